The van der Waals surface area contributed by atoms with E-state index < -0.39 is 0 Å². The van der Waals surface area contributed by atoms with Crippen LogP contribution in [0.4, 0.5) is 0 Å². The van der Waals surface area contributed by atoms with E-state index >= 15 is 0 Å². The maximum atomic E-state index is 11.8. The predicted octanol–water partition coefficient (Wildman–Crippen LogP) is 1.29. The summed E-state index contributed by atoms with van der Waals surface area (Å²) in [5.41, 5.74) is 5.78. The third kappa shape index (κ3) is 4.94. The molecule has 2 aliphatic rings. The summed E-state index contributed by atoms with van der Waals surface area (Å²) in [6.45, 7) is 0.550. The maximum absolute atomic E-state index is 11.8. The molecule has 4 nitrogen and oxygen atoms in total. The standard InChI is InChI=1S/C14H27N3O/c15-10-13(9-14(18)17-12-7-8-12)16-11-5-3-1-2-4-6-11/h11-13,16H,1-10,15H2,(H,17,18). The molecule has 0 radical (unpaired) electrons. The van der Waals surface area contributed by atoms with Crippen LogP contribution in [0.3, 0.4) is 0 Å². The molecule has 0 saturated heterocycles. The lowest BCUT2D eigenvalue weighted by molar-refractivity contribution is -0.121. The van der Waals surface area contributed by atoms with Crippen LogP contribution in [0.5, 0.6) is 0 Å². The molecule has 104 valence electrons. The first-order chi connectivity index (χ1) is 8.78. The fourth-order valence-electron chi connectivity index (χ4n) is 2.73. The summed E-state index contributed by atoms with van der Waals surface area (Å²) in [5, 5.41) is 6.62. The van der Waals surface area contributed by atoms with Gasteiger partial charge in [-0.1, -0.05) is 25.7 Å². The Morgan fingerprint density at radius 3 is 2.28 bits per heavy atom. The quantitative estimate of drug-likeness (QED) is 0.625. The van der Waals surface area contributed by atoms with Gasteiger partial charge in [0, 0.05) is 31.1 Å². The van der Waals surface area contributed by atoms with Gasteiger partial charge in [0.25, 0.3) is 0 Å². The van der Waals surface area contributed by atoms with E-state index in [0.29, 0.717) is 25.0 Å². The van der Waals surface area contributed by atoms with Crippen LogP contribution in [-0.2, 0) is 4.79 Å². The van der Waals surface area contributed by atoms with Crippen molar-refractivity contribution in [3.8, 4) is 0 Å². The summed E-state index contributed by atoms with van der Waals surface area (Å²) in [5.74, 6) is 0.161. The van der Waals surface area contributed by atoms with E-state index in [9.17, 15) is 4.79 Å². The van der Waals surface area contributed by atoms with E-state index in [1.165, 1.54) is 38.5 Å². The summed E-state index contributed by atoms with van der Waals surface area (Å²) in [4.78, 5) is 11.8. The van der Waals surface area contributed by atoms with Crippen LogP contribution in [0, 0.1) is 0 Å². The van der Waals surface area contributed by atoms with Gasteiger partial charge in [0.2, 0.25) is 5.91 Å². The molecule has 1 atom stereocenters. The summed E-state index contributed by atoms with van der Waals surface area (Å²) in [6.07, 6.45) is 10.6. The van der Waals surface area contributed by atoms with Crippen molar-refractivity contribution in [1.29, 1.82) is 0 Å². The van der Waals surface area contributed by atoms with E-state index in [1.54, 1.807) is 0 Å². The highest BCUT2D eigenvalue weighted by molar-refractivity contribution is 5.77. The Bertz CT molecular complexity index is 258. The second kappa shape index (κ2) is 7.10. The largest absolute Gasteiger partial charge is 0.353 e. The molecule has 18 heavy (non-hydrogen) atoms. The normalized spacial score (nSPS) is 23.4. The predicted molar refractivity (Wildman–Crippen MR) is 73.2 cm³/mol. The van der Waals surface area contributed by atoms with E-state index in [1.807, 2.05) is 0 Å². The van der Waals surface area contributed by atoms with Crippen molar-refractivity contribution < 1.29 is 4.79 Å². The molecule has 2 aliphatic carbocycles. The minimum Gasteiger partial charge on any atom is -0.353 e. The minimum atomic E-state index is 0.145. The Kier molecular flexibility index (Phi) is 5.45. The Hall–Kier alpha value is -0.610. The SMILES string of the molecule is NCC(CC(=O)NC1CC1)NC1CCCCCC1. The maximum Gasteiger partial charge on any atom is 0.221 e. The molecule has 0 aliphatic heterocycles. The van der Waals surface area contributed by atoms with E-state index in [4.69, 9.17) is 5.73 Å². The van der Waals surface area contributed by atoms with Crippen LogP contribution in [0.1, 0.15) is 57.8 Å². The number of carbonyl (C=O) groups is 1. The number of nitrogens with one attached hydrogen (secondary N) is 2. The van der Waals surface area contributed by atoms with Crippen LogP contribution >= 0.6 is 0 Å². The highest BCUT2D eigenvalue weighted by Crippen LogP contribution is 2.19. The van der Waals surface area contributed by atoms with Gasteiger partial charge in [-0.2, -0.15) is 0 Å². The first kappa shape index (κ1) is 13.8. The zero-order valence-corrected chi connectivity index (χ0v) is 11.3. The number of carbonyl (C=O) groups excluding carboxylic acids is 1. The van der Waals surface area contributed by atoms with Crippen LogP contribution in [0.15, 0.2) is 0 Å². The van der Waals surface area contributed by atoms with Gasteiger partial charge in [-0.15, -0.1) is 0 Å². The van der Waals surface area contributed by atoms with Crippen molar-refractivity contribution in [3.63, 3.8) is 0 Å². The molecule has 1 unspecified atom stereocenters. The molecule has 0 aromatic rings. The molecule has 0 spiro atoms. The highest BCUT2D eigenvalue weighted by atomic mass is 16.1. The first-order valence-corrected chi connectivity index (χ1v) is 7.53. The van der Waals surface area contributed by atoms with Crippen LogP contribution in [0.25, 0.3) is 0 Å². The third-order valence-electron chi connectivity index (χ3n) is 3.99. The fourth-order valence-corrected chi connectivity index (χ4v) is 2.73. The molecule has 2 rings (SSSR count). The molecular weight excluding hydrogens is 226 g/mol. The van der Waals surface area contributed by atoms with Crippen LogP contribution in [0.2, 0.25) is 0 Å². The first-order valence-electron chi connectivity index (χ1n) is 7.53. The second-order valence-electron chi connectivity index (χ2n) is 5.83. The number of hydrogen-bond donors (Lipinski definition) is 3. The van der Waals surface area contributed by atoms with Gasteiger partial charge in [-0.25, -0.2) is 0 Å². The Labute approximate surface area is 110 Å². The van der Waals surface area contributed by atoms with Crippen molar-refractivity contribution >= 4 is 5.91 Å². The van der Waals surface area contributed by atoms with Crippen molar-refractivity contribution in [2.75, 3.05) is 6.54 Å². The number of nitrogens with two attached hydrogens (primary N) is 1. The molecular formula is C14H27N3O. The zero-order chi connectivity index (χ0) is 12.8. The van der Waals surface area contributed by atoms with Crippen LogP contribution in [-0.4, -0.2) is 30.6 Å². The summed E-state index contributed by atoms with van der Waals surface area (Å²) >= 11 is 0. The van der Waals surface area contributed by atoms with Gasteiger partial charge in [0.05, 0.1) is 0 Å². The fraction of sp³-hybridized carbons (Fsp3) is 0.929. The lowest BCUT2D eigenvalue weighted by Gasteiger charge is -2.23. The molecule has 4 N–H and O–H groups in total. The van der Waals surface area contributed by atoms with Gasteiger partial charge < -0.3 is 16.4 Å². The monoisotopic (exact) mass is 253 g/mol. The number of rotatable bonds is 6. The molecule has 0 aromatic heterocycles. The Morgan fingerprint density at radius 1 is 1.06 bits per heavy atom. The Balaban J connectivity index is 1.70. The van der Waals surface area contributed by atoms with Crippen molar-refractivity contribution in [2.24, 2.45) is 5.73 Å². The van der Waals surface area contributed by atoms with Gasteiger partial charge in [0.1, 0.15) is 0 Å². The smallest absolute Gasteiger partial charge is 0.221 e. The Morgan fingerprint density at radius 2 is 1.72 bits per heavy atom. The number of hydrogen-bond acceptors (Lipinski definition) is 3. The van der Waals surface area contributed by atoms with Gasteiger partial charge in [0.15, 0.2) is 0 Å². The number of amides is 1. The average molecular weight is 253 g/mol. The van der Waals surface area contributed by atoms with E-state index in [-0.39, 0.29) is 11.9 Å². The van der Waals surface area contributed by atoms with Crippen LogP contribution < -0.4 is 16.4 Å². The second-order valence-corrected chi connectivity index (χ2v) is 5.83. The lowest BCUT2D eigenvalue weighted by atomic mass is 10.1. The molecule has 2 saturated carbocycles. The summed E-state index contributed by atoms with van der Waals surface area (Å²) < 4.78 is 0. The molecule has 0 heterocycles. The summed E-state index contributed by atoms with van der Waals surface area (Å²) in [7, 11) is 0. The molecule has 0 bridgehead atoms. The zero-order valence-electron chi connectivity index (χ0n) is 11.3. The van der Waals surface area contributed by atoms with Crippen molar-refractivity contribution in [3.05, 3.63) is 0 Å². The molecule has 2 fully saturated rings. The van der Waals surface area contributed by atoms with Gasteiger partial charge in [-0.3, -0.25) is 4.79 Å². The molecule has 0 aromatic carbocycles. The van der Waals surface area contributed by atoms with Gasteiger partial charge >= 0.3 is 0 Å². The minimum absolute atomic E-state index is 0.145. The topological polar surface area (TPSA) is 67.2 Å². The average Bonchev–Trinajstić information content (AvgIpc) is 3.16. The van der Waals surface area contributed by atoms with Crippen molar-refractivity contribution in [1.82, 2.24) is 10.6 Å². The molecule has 1 amide bonds. The van der Waals surface area contributed by atoms with E-state index in [2.05, 4.69) is 10.6 Å². The van der Waals surface area contributed by atoms with Gasteiger partial charge in [-0.05, 0) is 25.7 Å². The third-order valence-corrected chi connectivity index (χ3v) is 3.99. The lowest BCUT2D eigenvalue weighted by Crippen LogP contribution is -2.45. The highest BCUT2D eigenvalue weighted by Gasteiger charge is 2.25. The molecule has 4 heteroatoms. The van der Waals surface area contributed by atoms with E-state index in [0.717, 1.165) is 12.8 Å². The summed E-state index contributed by atoms with van der Waals surface area (Å²) in [6, 6.07) is 1.16. The van der Waals surface area contributed by atoms with Crippen molar-refractivity contribution in [2.45, 2.75) is 75.9 Å².